The van der Waals surface area contributed by atoms with E-state index in [4.69, 9.17) is 9.11 Å². The Hall–Kier alpha value is -0.710. The third-order valence-electron chi connectivity index (χ3n) is 1.33. The largest absolute Gasteiger partial charge is 0.386 e. The molecule has 2 N–H and O–H groups in total. The Balaban J connectivity index is 3.09. The van der Waals surface area contributed by atoms with Crippen molar-refractivity contribution in [3.63, 3.8) is 0 Å². The molecule has 0 saturated carbocycles. The van der Waals surface area contributed by atoms with Crippen LogP contribution in [0.4, 0.5) is 0 Å². The molecule has 0 unspecified atom stereocenters. The first-order valence-corrected chi connectivity index (χ1v) is 4.53. The first-order chi connectivity index (χ1) is 5.00. The van der Waals surface area contributed by atoms with E-state index in [1.807, 2.05) is 6.92 Å². The molecule has 0 aliphatic carbocycles. The second kappa shape index (κ2) is 2.73. The monoisotopic (exact) mass is 173 g/mol. The van der Waals surface area contributed by atoms with Crippen LogP contribution >= 0.6 is 0 Å². The molecule has 0 radical (unpaired) electrons. The summed E-state index contributed by atoms with van der Waals surface area (Å²) in [5.41, 5.74) is 0.984. The smallest absolute Gasteiger partial charge is 0.153 e. The molecule has 0 heterocycles. The van der Waals surface area contributed by atoms with Gasteiger partial charge in [-0.3, -0.25) is 0 Å². The third-order valence-corrected chi connectivity index (χ3v) is 2.21. The Kier molecular flexibility index (Phi) is 2.08. The van der Waals surface area contributed by atoms with Crippen LogP contribution in [0.2, 0.25) is 0 Å². The van der Waals surface area contributed by atoms with Gasteiger partial charge in [-0.25, -0.2) is 0 Å². The Labute approximate surface area is 66.1 Å². The van der Waals surface area contributed by atoms with Crippen LogP contribution in [-0.2, 0) is 14.7 Å². The van der Waals surface area contributed by atoms with Gasteiger partial charge in [-0.05, 0) is 23.3 Å². The van der Waals surface area contributed by atoms with Gasteiger partial charge >= 0.3 is 10.5 Å². The summed E-state index contributed by atoms with van der Waals surface area (Å²) in [5.74, 6) is 0. The standard InChI is InChI=1S/C7H8O3S/c1-6-2-4-7(5-3-6)11(8,9)10/h2-5H,1H3,(H-,8,9,10)/p+1. The molecule has 0 saturated heterocycles. The molecule has 0 amide bonds. The summed E-state index contributed by atoms with van der Waals surface area (Å²) in [6.07, 6.45) is 0. The van der Waals surface area contributed by atoms with E-state index < -0.39 is 10.5 Å². The molecule has 1 aromatic carbocycles. The van der Waals surface area contributed by atoms with Crippen molar-refractivity contribution in [2.45, 2.75) is 11.8 Å². The predicted molar refractivity (Wildman–Crippen MR) is 42.8 cm³/mol. The van der Waals surface area contributed by atoms with E-state index in [0.29, 0.717) is 0 Å². The Morgan fingerprint density at radius 1 is 1.18 bits per heavy atom. The van der Waals surface area contributed by atoms with E-state index in [-0.39, 0.29) is 4.90 Å². The first kappa shape index (κ1) is 8.39. The van der Waals surface area contributed by atoms with Crippen LogP contribution in [0, 0.1) is 6.92 Å². The van der Waals surface area contributed by atoms with Crippen molar-refractivity contribution in [3.8, 4) is 0 Å². The van der Waals surface area contributed by atoms with Gasteiger partial charge in [0.25, 0.3) is 0 Å². The third kappa shape index (κ3) is 2.11. The van der Waals surface area contributed by atoms with Crippen LogP contribution in [0.25, 0.3) is 0 Å². The zero-order valence-electron chi connectivity index (χ0n) is 6.02. The van der Waals surface area contributed by atoms with Crippen molar-refractivity contribution in [1.29, 1.82) is 0 Å². The normalized spacial score (nSPS) is 11.5. The molecule has 1 aromatic rings. The Morgan fingerprint density at radius 2 is 1.64 bits per heavy atom. The summed E-state index contributed by atoms with van der Waals surface area (Å²) in [5, 5.41) is 0. The van der Waals surface area contributed by atoms with Crippen molar-refractivity contribution < 1.29 is 13.3 Å². The Bertz CT molecular complexity index is 285. The van der Waals surface area contributed by atoms with E-state index in [1.54, 1.807) is 12.1 Å². The topological polar surface area (TPSA) is 57.5 Å². The van der Waals surface area contributed by atoms with Gasteiger partial charge in [-0.15, -0.1) is 0 Å². The van der Waals surface area contributed by atoms with Gasteiger partial charge in [0.1, 0.15) is 0 Å². The highest BCUT2D eigenvalue weighted by atomic mass is 32.3. The number of hydrogen-bond donors (Lipinski definition) is 2. The molecule has 60 valence electrons. The molecular weight excluding hydrogens is 164 g/mol. The number of hydrogen-bond acceptors (Lipinski definition) is 1. The molecule has 11 heavy (non-hydrogen) atoms. The van der Waals surface area contributed by atoms with Crippen molar-refractivity contribution in [2.75, 3.05) is 0 Å². The fourth-order valence-corrected chi connectivity index (χ4v) is 1.21. The zero-order chi connectivity index (χ0) is 8.48. The van der Waals surface area contributed by atoms with Crippen molar-refractivity contribution >= 4 is 10.5 Å². The summed E-state index contributed by atoms with van der Waals surface area (Å²) < 4.78 is 27.9. The zero-order valence-corrected chi connectivity index (χ0v) is 6.84. The minimum atomic E-state index is -3.77. The number of rotatable bonds is 1. The maximum Gasteiger partial charge on any atom is 0.386 e. The molecular formula is C7H9O3S+. The average molecular weight is 173 g/mol. The summed E-state index contributed by atoms with van der Waals surface area (Å²) in [6.45, 7) is 1.86. The maximum absolute atomic E-state index is 10.6. The van der Waals surface area contributed by atoms with E-state index in [9.17, 15) is 4.21 Å². The van der Waals surface area contributed by atoms with Crippen LogP contribution < -0.4 is 0 Å². The van der Waals surface area contributed by atoms with Crippen molar-refractivity contribution in [1.82, 2.24) is 0 Å². The lowest BCUT2D eigenvalue weighted by Crippen LogP contribution is -2.06. The molecule has 3 nitrogen and oxygen atoms in total. The van der Waals surface area contributed by atoms with Crippen LogP contribution in [0.15, 0.2) is 29.2 Å². The predicted octanol–water partition coefficient (Wildman–Crippen LogP) is 1.80. The highest BCUT2D eigenvalue weighted by Crippen LogP contribution is 2.13. The number of aryl methyl sites for hydroxylation is 1. The second-order valence-corrected chi connectivity index (χ2v) is 3.77. The molecule has 0 aromatic heterocycles. The Morgan fingerprint density at radius 3 is 2.00 bits per heavy atom. The lowest BCUT2D eigenvalue weighted by Gasteiger charge is -1.94. The van der Waals surface area contributed by atoms with Crippen LogP contribution in [0.1, 0.15) is 5.56 Å². The lowest BCUT2D eigenvalue weighted by atomic mass is 10.2. The van der Waals surface area contributed by atoms with Gasteiger partial charge in [0.2, 0.25) is 4.90 Å². The van der Waals surface area contributed by atoms with Gasteiger partial charge in [-0.2, -0.15) is 9.11 Å². The van der Waals surface area contributed by atoms with E-state index in [2.05, 4.69) is 0 Å². The lowest BCUT2D eigenvalue weighted by molar-refractivity contribution is 0.399. The van der Waals surface area contributed by atoms with Gasteiger partial charge < -0.3 is 0 Å². The minimum Gasteiger partial charge on any atom is -0.153 e. The summed E-state index contributed by atoms with van der Waals surface area (Å²) >= 11 is 0. The summed E-state index contributed by atoms with van der Waals surface area (Å²) in [7, 11) is -3.77. The van der Waals surface area contributed by atoms with Crippen molar-refractivity contribution in [3.05, 3.63) is 29.8 Å². The van der Waals surface area contributed by atoms with Gasteiger partial charge in [0.15, 0.2) is 0 Å². The molecule has 1 rings (SSSR count). The molecule has 0 fully saturated rings. The number of benzene rings is 1. The van der Waals surface area contributed by atoms with Crippen LogP contribution in [0.3, 0.4) is 0 Å². The highest BCUT2D eigenvalue weighted by molar-refractivity contribution is 7.92. The minimum absolute atomic E-state index is 0.0445. The fourth-order valence-electron chi connectivity index (χ4n) is 0.716. The van der Waals surface area contributed by atoms with Gasteiger partial charge in [0.05, 0.1) is 0 Å². The maximum atomic E-state index is 10.6. The quantitative estimate of drug-likeness (QED) is 0.636. The molecule has 0 bridgehead atoms. The second-order valence-electron chi connectivity index (χ2n) is 2.31. The van der Waals surface area contributed by atoms with E-state index in [1.165, 1.54) is 12.1 Å². The van der Waals surface area contributed by atoms with Gasteiger partial charge in [0, 0.05) is 0 Å². The van der Waals surface area contributed by atoms with Crippen LogP contribution in [-0.4, -0.2) is 9.11 Å². The molecule has 0 atom stereocenters. The summed E-state index contributed by atoms with van der Waals surface area (Å²) in [6, 6.07) is 6.19. The fraction of sp³-hybridized carbons (Fsp3) is 0.143. The van der Waals surface area contributed by atoms with Gasteiger partial charge in [-0.1, -0.05) is 17.7 Å². The molecule has 0 aliphatic rings. The highest BCUT2D eigenvalue weighted by Gasteiger charge is 2.24. The molecule has 0 aliphatic heterocycles. The first-order valence-electron chi connectivity index (χ1n) is 3.06. The van der Waals surface area contributed by atoms with E-state index >= 15 is 0 Å². The van der Waals surface area contributed by atoms with Crippen LogP contribution in [0.5, 0.6) is 0 Å². The summed E-state index contributed by atoms with van der Waals surface area (Å²) in [4.78, 5) is 0.0445. The SMILES string of the molecule is Cc1ccc([S+](=O)(O)O)cc1. The average Bonchev–Trinajstić information content (AvgIpc) is 1.86. The molecule has 0 spiro atoms. The van der Waals surface area contributed by atoms with E-state index in [0.717, 1.165) is 5.56 Å². The molecule has 4 heteroatoms. The van der Waals surface area contributed by atoms with Crippen molar-refractivity contribution in [2.24, 2.45) is 0 Å².